The first kappa shape index (κ1) is 21.2. The maximum absolute atomic E-state index is 5.79. The summed E-state index contributed by atoms with van der Waals surface area (Å²) in [5.74, 6) is 2.76. The molecular weight excluding hydrogens is 441 g/mol. The zero-order valence-corrected chi connectivity index (χ0v) is 18.4. The minimum atomic E-state index is 0. The van der Waals surface area contributed by atoms with Gasteiger partial charge < -0.3 is 20.3 Å². The van der Waals surface area contributed by atoms with Crippen molar-refractivity contribution in [2.45, 2.75) is 52.4 Å². The second kappa shape index (κ2) is 10.3. The van der Waals surface area contributed by atoms with Crippen molar-refractivity contribution in [1.82, 2.24) is 15.6 Å². The molecule has 0 amide bonds. The van der Waals surface area contributed by atoms with Crippen LogP contribution in [0.5, 0.6) is 0 Å². The molecule has 146 valence electrons. The largest absolute Gasteiger partial charge is 0.372 e. The number of hydrogen-bond acceptors (Lipinski definition) is 4. The first-order chi connectivity index (χ1) is 12.1. The number of ether oxygens (including phenoxy) is 1. The normalized spacial score (nSPS) is 23.3. The molecule has 2 aliphatic rings. The van der Waals surface area contributed by atoms with E-state index >= 15 is 0 Å². The fourth-order valence-corrected chi connectivity index (χ4v) is 3.14. The first-order valence-corrected chi connectivity index (χ1v) is 9.51. The van der Waals surface area contributed by atoms with Crippen LogP contribution in [0.15, 0.2) is 23.3 Å². The lowest BCUT2D eigenvalue weighted by Crippen LogP contribution is -2.45. The van der Waals surface area contributed by atoms with E-state index in [1.54, 1.807) is 0 Å². The molecule has 2 heterocycles. The molecule has 26 heavy (non-hydrogen) atoms. The summed E-state index contributed by atoms with van der Waals surface area (Å²) in [5.41, 5.74) is 1.13. The van der Waals surface area contributed by atoms with Gasteiger partial charge in [0.2, 0.25) is 0 Å². The molecule has 1 aromatic rings. The number of hydrogen-bond donors (Lipinski definition) is 2. The van der Waals surface area contributed by atoms with E-state index in [9.17, 15) is 0 Å². The van der Waals surface area contributed by atoms with Crippen LogP contribution in [0.2, 0.25) is 0 Å². The maximum Gasteiger partial charge on any atom is 0.191 e. The van der Waals surface area contributed by atoms with Gasteiger partial charge in [-0.3, -0.25) is 0 Å². The molecule has 2 fully saturated rings. The summed E-state index contributed by atoms with van der Waals surface area (Å²) in [4.78, 5) is 11.6. The lowest BCUT2D eigenvalue weighted by Gasteiger charge is -2.36. The predicted molar refractivity (Wildman–Crippen MR) is 117 cm³/mol. The third-order valence-corrected chi connectivity index (χ3v) is 4.57. The maximum atomic E-state index is 5.79. The Morgan fingerprint density at radius 3 is 2.54 bits per heavy atom. The van der Waals surface area contributed by atoms with Gasteiger partial charge in [-0.25, -0.2) is 9.98 Å². The lowest BCUT2D eigenvalue weighted by atomic mass is 10.2. The van der Waals surface area contributed by atoms with Gasteiger partial charge in [-0.2, -0.15) is 0 Å². The van der Waals surface area contributed by atoms with E-state index < -0.39 is 0 Å². The molecule has 1 aromatic heterocycles. The summed E-state index contributed by atoms with van der Waals surface area (Å²) in [6.45, 7) is 10.6. The highest BCUT2D eigenvalue weighted by Crippen LogP contribution is 2.27. The van der Waals surface area contributed by atoms with Crippen LogP contribution in [0.25, 0.3) is 0 Å². The number of rotatable bonds is 6. The van der Waals surface area contributed by atoms with Gasteiger partial charge in [0, 0.05) is 32.4 Å². The van der Waals surface area contributed by atoms with E-state index in [2.05, 4.69) is 58.4 Å². The highest BCUT2D eigenvalue weighted by molar-refractivity contribution is 14.0. The Labute approximate surface area is 174 Å². The van der Waals surface area contributed by atoms with Gasteiger partial charge in [0.25, 0.3) is 0 Å². The van der Waals surface area contributed by atoms with Crippen LogP contribution in [0.4, 0.5) is 5.82 Å². The summed E-state index contributed by atoms with van der Waals surface area (Å²) in [6.07, 6.45) is 5.12. The number of halogens is 1. The molecule has 1 aliphatic heterocycles. The Kier molecular flexibility index (Phi) is 8.40. The Morgan fingerprint density at radius 1 is 1.23 bits per heavy atom. The fraction of sp³-hybridized carbons (Fsp3) is 0.684. The number of anilines is 1. The van der Waals surface area contributed by atoms with Crippen LogP contribution in [0.1, 0.15) is 39.2 Å². The number of pyridine rings is 1. The molecule has 2 atom stereocenters. The van der Waals surface area contributed by atoms with E-state index in [0.717, 1.165) is 49.4 Å². The van der Waals surface area contributed by atoms with Crippen molar-refractivity contribution >= 4 is 35.8 Å². The molecule has 0 aromatic carbocycles. The molecule has 6 nitrogen and oxygen atoms in total. The summed E-state index contributed by atoms with van der Waals surface area (Å²) in [7, 11) is 0. The van der Waals surface area contributed by atoms with Crippen LogP contribution in [0.3, 0.4) is 0 Å². The molecule has 7 heteroatoms. The average Bonchev–Trinajstić information content (AvgIpc) is 3.41. The van der Waals surface area contributed by atoms with Crippen molar-refractivity contribution < 1.29 is 4.74 Å². The Morgan fingerprint density at radius 2 is 1.96 bits per heavy atom. The molecular formula is C19H32IN5O. The number of aliphatic imine (C=N–C) groups is 1. The van der Waals surface area contributed by atoms with Gasteiger partial charge in [0.05, 0.1) is 18.8 Å². The summed E-state index contributed by atoms with van der Waals surface area (Å²) in [6, 6.07) is 4.22. The average molecular weight is 473 g/mol. The topological polar surface area (TPSA) is 61.8 Å². The lowest BCUT2D eigenvalue weighted by molar-refractivity contribution is -0.00545. The molecule has 1 aliphatic carbocycles. The minimum absolute atomic E-state index is 0. The van der Waals surface area contributed by atoms with Gasteiger partial charge in [0.1, 0.15) is 5.82 Å². The number of morpholine rings is 1. The second-order valence-electron chi connectivity index (χ2n) is 7.21. The zero-order chi connectivity index (χ0) is 17.6. The van der Waals surface area contributed by atoms with Crippen molar-refractivity contribution in [3.05, 3.63) is 23.9 Å². The van der Waals surface area contributed by atoms with Crippen LogP contribution in [-0.4, -0.2) is 49.3 Å². The molecule has 0 bridgehead atoms. The van der Waals surface area contributed by atoms with Crippen LogP contribution < -0.4 is 15.5 Å². The fourth-order valence-electron chi connectivity index (χ4n) is 3.14. The van der Waals surface area contributed by atoms with Crippen molar-refractivity contribution in [3.63, 3.8) is 0 Å². The third kappa shape index (κ3) is 6.57. The smallest absolute Gasteiger partial charge is 0.191 e. The molecule has 3 rings (SSSR count). The third-order valence-electron chi connectivity index (χ3n) is 4.57. The van der Waals surface area contributed by atoms with E-state index in [-0.39, 0.29) is 36.2 Å². The van der Waals surface area contributed by atoms with Gasteiger partial charge in [-0.05, 0) is 51.2 Å². The molecule has 2 unspecified atom stereocenters. The predicted octanol–water partition coefficient (Wildman–Crippen LogP) is 2.78. The van der Waals surface area contributed by atoms with Crippen molar-refractivity contribution in [3.8, 4) is 0 Å². The van der Waals surface area contributed by atoms with E-state index in [1.165, 1.54) is 12.8 Å². The Bertz CT molecular complexity index is 566. The Balaban J connectivity index is 0.00000243. The SMILES string of the molecule is CCNC(=NCc1ccc(N2CC(C)OC(C)C2)nc1)NCC1CC1.I. The zero-order valence-electron chi connectivity index (χ0n) is 16.1. The monoisotopic (exact) mass is 473 g/mol. The van der Waals surface area contributed by atoms with Crippen LogP contribution >= 0.6 is 24.0 Å². The molecule has 1 saturated heterocycles. The van der Waals surface area contributed by atoms with Gasteiger partial charge in [-0.1, -0.05) is 6.07 Å². The van der Waals surface area contributed by atoms with Gasteiger partial charge in [-0.15, -0.1) is 24.0 Å². The summed E-state index contributed by atoms with van der Waals surface area (Å²) >= 11 is 0. The molecule has 0 spiro atoms. The van der Waals surface area contributed by atoms with E-state index in [4.69, 9.17) is 4.74 Å². The van der Waals surface area contributed by atoms with Crippen LogP contribution in [-0.2, 0) is 11.3 Å². The number of guanidine groups is 1. The summed E-state index contributed by atoms with van der Waals surface area (Å²) < 4.78 is 5.79. The highest BCUT2D eigenvalue weighted by Gasteiger charge is 2.23. The Hall–Kier alpha value is -1.09. The van der Waals surface area contributed by atoms with Gasteiger partial charge >= 0.3 is 0 Å². The first-order valence-electron chi connectivity index (χ1n) is 9.51. The van der Waals surface area contributed by atoms with E-state index in [1.807, 2.05) is 6.20 Å². The van der Waals surface area contributed by atoms with Gasteiger partial charge in [0.15, 0.2) is 5.96 Å². The molecule has 2 N–H and O–H groups in total. The number of aromatic nitrogens is 1. The molecule has 1 saturated carbocycles. The van der Waals surface area contributed by atoms with Crippen LogP contribution in [0, 0.1) is 5.92 Å². The standard InChI is InChI=1S/C19H31N5O.HI/c1-4-20-19(22-9-16-5-6-16)23-11-17-7-8-18(21-10-17)24-12-14(2)25-15(3)13-24;/h7-8,10,14-16H,4-6,9,11-13H2,1-3H3,(H2,20,22,23);1H. The summed E-state index contributed by atoms with van der Waals surface area (Å²) in [5, 5.41) is 6.73. The quantitative estimate of drug-likeness (QED) is 0.378. The van der Waals surface area contributed by atoms with Crippen molar-refractivity contribution in [1.29, 1.82) is 0 Å². The van der Waals surface area contributed by atoms with E-state index in [0.29, 0.717) is 6.54 Å². The second-order valence-corrected chi connectivity index (χ2v) is 7.21. The molecule has 0 radical (unpaired) electrons. The van der Waals surface area contributed by atoms with Crippen molar-refractivity contribution in [2.75, 3.05) is 31.1 Å². The number of nitrogens with one attached hydrogen (secondary N) is 2. The van der Waals surface area contributed by atoms with Crippen molar-refractivity contribution in [2.24, 2.45) is 10.9 Å². The highest BCUT2D eigenvalue weighted by atomic mass is 127. The number of nitrogens with zero attached hydrogens (tertiary/aromatic N) is 3. The minimum Gasteiger partial charge on any atom is -0.372 e.